The van der Waals surface area contributed by atoms with E-state index in [1.54, 1.807) is 0 Å². The highest BCUT2D eigenvalue weighted by molar-refractivity contribution is 5.83. The highest BCUT2D eigenvalue weighted by Gasteiger charge is 2.02. The number of rotatable bonds is 5. The zero-order valence-corrected chi connectivity index (χ0v) is 11.3. The molecule has 0 fully saturated rings. The molecule has 2 aromatic rings. The van der Waals surface area contributed by atoms with Gasteiger partial charge >= 0.3 is 0 Å². The lowest BCUT2D eigenvalue weighted by Crippen LogP contribution is -2.10. The number of nitrogens with zero attached hydrogens (tertiary/aromatic N) is 1. The molecule has 2 N–H and O–H groups in total. The van der Waals surface area contributed by atoms with E-state index in [2.05, 4.69) is 42.2 Å². The summed E-state index contributed by atoms with van der Waals surface area (Å²) >= 11 is 0. The van der Waals surface area contributed by atoms with E-state index in [1.807, 2.05) is 24.3 Å². The van der Waals surface area contributed by atoms with Crippen LogP contribution in [0.3, 0.4) is 0 Å². The van der Waals surface area contributed by atoms with Gasteiger partial charge in [0.25, 0.3) is 0 Å². The summed E-state index contributed by atoms with van der Waals surface area (Å²) in [4.78, 5) is 4.54. The van der Waals surface area contributed by atoms with E-state index in [9.17, 15) is 0 Å². The molecule has 0 radical (unpaired) electrons. The van der Waals surface area contributed by atoms with Gasteiger partial charge in [-0.15, -0.1) is 0 Å². The Labute approximate surface area is 115 Å². The van der Waals surface area contributed by atoms with Gasteiger partial charge in [0.05, 0.1) is 11.5 Å². The summed E-state index contributed by atoms with van der Waals surface area (Å²) in [5, 5.41) is 0. The van der Waals surface area contributed by atoms with Gasteiger partial charge in [0.1, 0.15) is 0 Å². The predicted molar refractivity (Wildman–Crippen MR) is 81.9 cm³/mol. The van der Waals surface area contributed by atoms with Gasteiger partial charge in [-0.2, -0.15) is 0 Å². The molecule has 2 aromatic carbocycles. The fourth-order valence-electron chi connectivity index (χ4n) is 2.05. The highest BCUT2D eigenvalue weighted by Crippen LogP contribution is 2.22. The van der Waals surface area contributed by atoms with Crippen LogP contribution in [0.15, 0.2) is 59.6 Å². The standard InChI is InChI=1S/C17H20N2/c1-2-8-17(18)19-16-12-7-6-11-15(16)13-14-9-4-3-5-10-14/h3-7,9-12H,2,8,13H2,1H3,(H2,18,19). The molecule has 98 valence electrons. The molecule has 0 amide bonds. The van der Waals surface area contributed by atoms with Crippen molar-refractivity contribution in [1.82, 2.24) is 0 Å². The second-order valence-corrected chi connectivity index (χ2v) is 4.64. The maximum absolute atomic E-state index is 5.93. The average molecular weight is 252 g/mol. The van der Waals surface area contributed by atoms with E-state index in [1.165, 1.54) is 11.1 Å². The Morgan fingerprint density at radius 3 is 2.42 bits per heavy atom. The van der Waals surface area contributed by atoms with Crippen LogP contribution >= 0.6 is 0 Å². The van der Waals surface area contributed by atoms with Crippen molar-refractivity contribution < 1.29 is 0 Å². The lowest BCUT2D eigenvalue weighted by atomic mass is 10.0. The van der Waals surface area contributed by atoms with E-state index >= 15 is 0 Å². The highest BCUT2D eigenvalue weighted by atomic mass is 14.9. The van der Waals surface area contributed by atoms with E-state index < -0.39 is 0 Å². The van der Waals surface area contributed by atoms with Crippen molar-refractivity contribution in [2.45, 2.75) is 26.2 Å². The van der Waals surface area contributed by atoms with Crippen LogP contribution in [0.1, 0.15) is 30.9 Å². The summed E-state index contributed by atoms with van der Waals surface area (Å²) in [6.07, 6.45) is 2.76. The lowest BCUT2D eigenvalue weighted by Gasteiger charge is -2.07. The Morgan fingerprint density at radius 2 is 1.68 bits per heavy atom. The molecule has 0 bridgehead atoms. The monoisotopic (exact) mass is 252 g/mol. The number of nitrogens with two attached hydrogens (primary N) is 1. The summed E-state index contributed by atoms with van der Waals surface area (Å²) < 4.78 is 0. The maximum atomic E-state index is 5.93. The molecular weight excluding hydrogens is 232 g/mol. The SMILES string of the molecule is CCCC(N)=Nc1ccccc1Cc1ccccc1. The molecule has 0 aliphatic rings. The lowest BCUT2D eigenvalue weighted by molar-refractivity contribution is 0.982. The minimum atomic E-state index is 0.711. The van der Waals surface area contributed by atoms with Crippen LogP contribution in [0.4, 0.5) is 5.69 Å². The van der Waals surface area contributed by atoms with Gasteiger partial charge < -0.3 is 5.73 Å². The molecule has 0 aromatic heterocycles. The van der Waals surface area contributed by atoms with Crippen LogP contribution in [-0.4, -0.2) is 5.84 Å². The van der Waals surface area contributed by atoms with Crippen LogP contribution in [0.25, 0.3) is 0 Å². The van der Waals surface area contributed by atoms with Crippen molar-refractivity contribution in [3.8, 4) is 0 Å². The third-order valence-electron chi connectivity index (χ3n) is 3.00. The number of hydrogen-bond acceptors (Lipinski definition) is 1. The summed E-state index contributed by atoms with van der Waals surface area (Å²) in [6, 6.07) is 18.6. The third kappa shape index (κ3) is 3.95. The normalized spacial score (nSPS) is 11.5. The van der Waals surface area contributed by atoms with Gasteiger partial charge in [-0.05, 0) is 30.0 Å². The number of aliphatic imine (C=N–C) groups is 1. The van der Waals surface area contributed by atoms with Crippen LogP contribution < -0.4 is 5.73 Å². The molecule has 0 spiro atoms. The Morgan fingerprint density at radius 1 is 1.00 bits per heavy atom. The minimum Gasteiger partial charge on any atom is -0.387 e. The minimum absolute atomic E-state index is 0.711. The number of para-hydroxylation sites is 1. The molecule has 2 rings (SSSR count). The van der Waals surface area contributed by atoms with Crippen LogP contribution in [0.2, 0.25) is 0 Å². The summed E-state index contributed by atoms with van der Waals surface area (Å²) in [7, 11) is 0. The quantitative estimate of drug-likeness (QED) is 0.632. The first-order valence-corrected chi connectivity index (χ1v) is 6.74. The smallest absolute Gasteiger partial charge is 0.0996 e. The van der Waals surface area contributed by atoms with Crippen molar-refractivity contribution >= 4 is 11.5 Å². The first-order chi connectivity index (χ1) is 9.29. The maximum Gasteiger partial charge on any atom is 0.0996 e. The van der Waals surface area contributed by atoms with Gasteiger partial charge in [-0.3, -0.25) is 0 Å². The molecule has 19 heavy (non-hydrogen) atoms. The van der Waals surface area contributed by atoms with Crippen molar-refractivity contribution in [2.24, 2.45) is 10.7 Å². The second kappa shape index (κ2) is 6.74. The zero-order valence-electron chi connectivity index (χ0n) is 11.3. The van der Waals surface area contributed by atoms with Crippen LogP contribution in [0.5, 0.6) is 0 Å². The van der Waals surface area contributed by atoms with Crippen molar-refractivity contribution in [3.05, 3.63) is 65.7 Å². The van der Waals surface area contributed by atoms with E-state index in [0.29, 0.717) is 5.84 Å². The van der Waals surface area contributed by atoms with E-state index in [4.69, 9.17) is 5.73 Å². The molecule has 0 aliphatic carbocycles. The average Bonchev–Trinajstić information content (AvgIpc) is 2.42. The van der Waals surface area contributed by atoms with Gasteiger partial charge in [0, 0.05) is 6.42 Å². The van der Waals surface area contributed by atoms with Crippen molar-refractivity contribution in [1.29, 1.82) is 0 Å². The Kier molecular flexibility index (Phi) is 4.73. The van der Waals surface area contributed by atoms with Gasteiger partial charge in [-0.1, -0.05) is 55.5 Å². The Bertz CT molecular complexity index is 544. The Hall–Kier alpha value is -2.09. The zero-order chi connectivity index (χ0) is 13.5. The first-order valence-electron chi connectivity index (χ1n) is 6.74. The molecule has 2 nitrogen and oxygen atoms in total. The second-order valence-electron chi connectivity index (χ2n) is 4.64. The number of amidine groups is 1. The van der Waals surface area contributed by atoms with Gasteiger partial charge in [-0.25, -0.2) is 4.99 Å². The molecule has 0 heterocycles. The number of benzene rings is 2. The molecule has 0 saturated heterocycles. The summed E-state index contributed by atoms with van der Waals surface area (Å²) in [5.74, 6) is 0.711. The summed E-state index contributed by atoms with van der Waals surface area (Å²) in [5.41, 5.74) is 9.42. The predicted octanol–water partition coefficient (Wildman–Crippen LogP) is 4.07. The first kappa shape index (κ1) is 13.3. The number of hydrogen-bond donors (Lipinski definition) is 1. The Balaban J connectivity index is 2.24. The molecule has 2 heteroatoms. The molecular formula is C17H20N2. The van der Waals surface area contributed by atoms with Crippen LogP contribution in [-0.2, 0) is 6.42 Å². The third-order valence-corrected chi connectivity index (χ3v) is 3.00. The van der Waals surface area contributed by atoms with Crippen molar-refractivity contribution in [3.63, 3.8) is 0 Å². The van der Waals surface area contributed by atoms with Crippen molar-refractivity contribution in [2.75, 3.05) is 0 Å². The largest absolute Gasteiger partial charge is 0.387 e. The molecule has 0 unspecified atom stereocenters. The summed E-state index contributed by atoms with van der Waals surface area (Å²) in [6.45, 7) is 2.11. The molecule has 0 saturated carbocycles. The van der Waals surface area contributed by atoms with E-state index in [0.717, 1.165) is 24.9 Å². The van der Waals surface area contributed by atoms with Crippen LogP contribution in [0, 0.1) is 0 Å². The van der Waals surface area contributed by atoms with Gasteiger partial charge in [0.15, 0.2) is 0 Å². The fraction of sp³-hybridized carbons (Fsp3) is 0.235. The van der Waals surface area contributed by atoms with E-state index in [-0.39, 0.29) is 0 Å². The topological polar surface area (TPSA) is 38.4 Å². The molecule has 0 aliphatic heterocycles. The molecule has 0 atom stereocenters. The fourth-order valence-corrected chi connectivity index (χ4v) is 2.05. The van der Waals surface area contributed by atoms with Gasteiger partial charge in [0.2, 0.25) is 0 Å².